The third-order valence-corrected chi connectivity index (χ3v) is 5.45. The highest BCUT2D eigenvalue weighted by Gasteiger charge is 2.17. The fourth-order valence-electron chi connectivity index (χ4n) is 3.71. The molecule has 0 saturated carbocycles. The van der Waals surface area contributed by atoms with E-state index in [0.29, 0.717) is 32.1 Å². The monoisotopic (exact) mass is 472 g/mol. The number of aromatic nitrogens is 2. The number of methoxy groups -OCH3 is 2. The number of carbonyl (C=O) groups excluding carboxylic acids is 1. The van der Waals surface area contributed by atoms with Crippen LogP contribution in [0.5, 0.6) is 11.5 Å². The highest BCUT2D eigenvalue weighted by molar-refractivity contribution is 5.91. The summed E-state index contributed by atoms with van der Waals surface area (Å²) in [6.07, 6.45) is 4.79. The Kier molecular flexibility index (Phi) is 8.08. The molecule has 2 aromatic carbocycles. The van der Waals surface area contributed by atoms with E-state index in [1.165, 1.54) is 6.26 Å². The molecule has 8 nitrogen and oxygen atoms in total. The topological polar surface area (TPSA) is 89.7 Å². The van der Waals surface area contributed by atoms with E-state index < -0.39 is 0 Å². The average molecular weight is 473 g/mol. The summed E-state index contributed by atoms with van der Waals surface area (Å²) in [7, 11) is 3.29. The van der Waals surface area contributed by atoms with E-state index in [1.807, 2.05) is 48.5 Å². The van der Waals surface area contributed by atoms with Crippen LogP contribution >= 0.6 is 0 Å². The molecule has 1 N–H and O–H groups in total. The minimum atomic E-state index is -0.298. The van der Waals surface area contributed by atoms with Gasteiger partial charge < -0.3 is 19.2 Å². The van der Waals surface area contributed by atoms with Gasteiger partial charge in [-0.15, -0.1) is 0 Å². The fourth-order valence-corrected chi connectivity index (χ4v) is 3.71. The molecule has 0 aliphatic heterocycles. The van der Waals surface area contributed by atoms with Crippen LogP contribution in [0.3, 0.4) is 0 Å². The Morgan fingerprint density at radius 1 is 0.971 bits per heavy atom. The van der Waals surface area contributed by atoms with Crippen molar-refractivity contribution in [1.82, 2.24) is 20.2 Å². The van der Waals surface area contributed by atoms with Gasteiger partial charge in [-0.2, -0.15) is 0 Å². The smallest absolute Gasteiger partial charge is 0.273 e. The molecule has 0 unspecified atom stereocenters. The molecule has 0 saturated heterocycles. The van der Waals surface area contributed by atoms with Crippen LogP contribution in [-0.2, 0) is 26.2 Å². The predicted molar refractivity (Wildman–Crippen MR) is 131 cm³/mol. The number of oxazole rings is 1. The molecule has 0 spiro atoms. The minimum absolute atomic E-state index is 0.238. The van der Waals surface area contributed by atoms with Crippen molar-refractivity contribution in [2.45, 2.75) is 26.2 Å². The average Bonchev–Trinajstić information content (AvgIpc) is 3.37. The molecule has 180 valence electrons. The zero-order chi connectivity index (χ0) is 24.5. The van der Waals surface area contributed by atoms with E-state index in [2.05, 4.69) is 32.3 Å². The standard InChI is InChI=1S/C27H28N4O4/c1-33-23-10-11-25(34-2)22(13-23)17-31(16-20-7-4-3-5-8-20)18-26-30-24(19-35-26)27(32)29-15-21-9-6-12-28-14-21/h3-14,19H,15-18H2,1-2H3,(H,29,32). The van der Waals surface area contributed by atoms with Gasteiger partial charge in [0.1, 0.15) is 17.8 Å². The Bertz CT molecular complexity index is 1230. The first-order valence-corrected chi connectivity index (χ1v) is 11.2. The minimum Gasteiger partial charge on any atom is -0.497 e. The molecule has 0 fully saturated rings. The molecule has 0 aliphatic rings. The van der Waals surface area contributed by atoms with Crippen LogP contribution < -0.4 is 14.8 Å². The third-order valence-electron chi connectivity index (χ3n) is 5.45. The summed E-state index contributed by atoms with van der Waals surface area (Å²) in [5.41, 5.74) is 3.27. The van der Waals surface area contributed by atoms with Gasteiger partial charge >= 0.3 is 0 Å². The Morgan fingerprint density at radius 3 is 2.54 bits per heavy atom. The number of ether oxygens (including phenoxy) is 2. The van der Waals surface area contributed by atoms with Crippen molar-refractivity contribution in [2.24, 2.45) is 0 Å². The molecule has 0 atom stereocenters. The van der Waals surface area contributed by atoms with Crippen molar-refractivity contribution in [3.05, 3.63) is 108 Å². The summed E-state index contributed by atoms with van der Waals surface area (Å²) in [4.78, 5) is 23.2. The lowest BCUT2D eigenvalue weighted by atomic mass is 10.1. The highest BCUT2D eigenvalue weighted by atomic mass is 16.5. The molecule has 1 amide bonds. The summed E-state index contributed by atoms with van der Waals surface area (Å²) < 4.78 is 16.6. The Morgan fingerprint density at radius 2 is 1.80 bits per heavy atom. The van der Waals surface area contributed by atoms with Gasteiger partial charge in [-0.25, -0.2) is 4.98 Å². The second kappa shape index (κ2) is 11.8. The van der Waals surface area contributed by atoms with Crippen molar-refractivity contribution in [2.75, 3.05) is 14.2 Å². The van der Waals surface area contributed by atoms with Gasteiger partial charge in [-0.05, 0) is 35.4 Å². The van der Waals surface area contributed by atoms with Crippen LogP contribution in [0.1, 0.15) is 33.1 Å². The van der Waals surface area contributed by atoms with Crippen LogP contribution in [0.4, 0.5) is 0 Å². The van der Waals surface area contributed by atoms with Gasteiger partial charge in [0.25, 0.3) is 5.91 Å². The molecule has 2 aromatic heterocycles. The molecular formula is C27H28N4O4. The van der Waals surface area contributed by atoms with Crippen molar-refractivity contribution < 1.29 is 18.7 Å². The number of pyridine rings is 1. The van der Waals surface area contributed by atoms with E-state index in [9.17, 15) is 4.79 Å². The lowest BCUT2D eigenvalue weighted by molar-refractivity contribution is 0.0945. The SMILES string of the molecule is COc1ccc(OC)c(CN(Cc2ccccc2)Cc2nc(C(=O)NCc3cccnc3)co2)c1. The quantitative estimate of drug-likeness (QED) is 0.350. The summed E-state index contributed by atoms with van der Waals surface area (Å²) in [6, 6.07) is 19.6. The molecule has 0 aliphatic carbocycles. The zero-order valence-corrected chi connectivity index (χ0v) is 19.8. The normalized spacial score (nSPS) is 10.8. The number of hydrogen-bond acceptors (Lipinski definition) is 7. The Labute approximate surface area is 204 Å². The maximum atomic E-state index is 12.6. The molecule has 4 aromatic rings. The molecular weight excluding hydrogens is 444 g/mol. The maximum Gasteiger partial charge on any atom is 0.273 e. The summed E-state index contributed by atoms with van der Waals surface area (Å²) in [6.45, 7) is 2.00. The molecule has 35 heavy (non-hydrogen) atoms. The highest BCUT2D eigenvalue weighted by Crippen LogP contribution is 2.26. The lowest BCUT2D eigenvalue weighted by Gasteiger charge is -2.22. The number of rotatable bonds is 11. The number of nitrogens with zero attached hydrogens (tertiary/aromatic N) is 3. The largest absolute Gasteiger partial charge is 0.497 e. The van der Waals surface area contributed by atoms with Crippen molar-refractivity contribution in [1.29, 1.82) is 0 Å². The molecule has 8 heteroatoms. The van der Waals surface area contributed by atoms with E-state index >= 15 is 0 Å². The van der Waals surface area contributed by atoms with E-state index in [-0.39, 0.29) is 11.6 Å². The molecule has 0 radical (unpaired) electrons. The van der Waals surface area contributed by atoms with Gasteiger partial charge in [0.05, 0.1) is 20.8 Å². The fraction of sp³-hybridized carbons (Fsp3) is 0.222. The summed E-state index contributed by atoms with van der Waals surface area (Å²) in [5.74, 6) is 1.68. The van der Waals surface area contributed by atoms with Gasteiger partial charge in [-0.3, -0.25) is 14.7 Å². The summed E-state index contributed by atoms with van der Waals surface area (Å²) in [5, 5.41) is 2.84. The predicted octanol–water partition coefficient (Wildman–Crippen LogP) is 4.22. The maximum absolute atomic E-state index is 12.6. The number of nitrogens with one attached hydrogen (secondary N) is 1. The second-order valence-corrected chi connectivity index (χ2v) is 7.98. The molecule has 4 rings (SSSR count). The number of benzene rings is 2. The molecule has 0 bridgehead atoms. The number of amides is 1. The molecule has 2 heterocycles. The van der Waals surface area contributed by atoms with Crippen LogP contribution in [0.15, 0.2) is 83.7 Å². The van der Waals surface area contributed by atoms with Crippen LogP contribution in [0.25, 0.3) is 0 Å². The number of hydrogen-bond donors (Lipinski definition) is 1. The van der Waals surface area contributed by atoms with E-state index in [0.717, 1.165) is 28.2 Å². The van der Waals surface area contributed by atoms with Crippen molar-refractivity contribution in [3.8, 4) is 11.5 Å². The first-order chi connectivity index (χ1) is 17.1. The van der Waals surface area contributed by atoms with Gasteiger partial charge in [0.15, 0.2) is 5.69 Å². The van der Waals surface area contributed by atoms with Gasteiger partial charge in [-0.1, -0.05) is 36.4 Å². The second-order valence-electron chi connectivity index (χ2n) is 7.98. The lowest BCUT2D eigenvalue weighted by Crippen LogP contribution is -2.24. The zero-order valence-electron chi connectivity index (χ0n) is 19.8. The van der Waals surface area contributed by atoms with Crippen molar-refractivity contribution in [3.63, 3.8) is 0 Å². The van der Waals surface area contributed by atoms with Crippen LogP contribution in [0, 0.1) is 0 Å². The van der Waals surface area contributed by atoms with E-state index in [1.54, 1.807) is 26.6 Å². The number of carbonyl (C=O) groups is 1. The van der Waals surface area contributed by atoms with Crippen LogP contribution in [0.2, 0.25) is 0 Å². The first-order valence-electron chi connectivity index (χ1n) is 11.2. The Balaban J connectivity index is 1.48. The van der Waals surface area contributed by atoms with Crippen molar-refractivity contribution >= 4 is 5.91 Å². The van der Waals surface area contributed by atoms with Gasteiger partial charge in [0, 0.05) is 37.6 Å². The summed E-state index contributed by atoms with van der Waals surface area (Å²) >= 11 is 0. The first kappa shape index (κ1) is 24.0. The Hall–Kier alpha value is -4.17. The van der Waals surface area contributed by atoms with E-state index in [4.69, 9.17) is 13.9 Å². The van der Waals surface area contributed by atoms with Gasteiger partial charge in [0.2, 0.25) is 5.89 Å². The van der Waals surface area contributed by atoms with Crippen LogP contribution in [-0.4, -0.2) is 35.0 Å². The third kappa shape index (κ3) is 6.68.